The summed E-state index contributed by atoms with van der Waals surface area (Å²) in [7, 11) is 0. The second-order valence-corrected chi connectivity index (χ2v) is 1.47. The van der Waals surface area contributed by atoms with Gasteiger partial charge in [-0.05, 0) is 6.07 Å². The summed E-state index contributed by atoms with van der Waals surface area (Å²) in [5, 5.41) is 9.97. The molecular weight excluding hydrogens is 148 g/mol. The van der Waals surface area contributed by atoms with Gasteiger partial charge >= 0.3 is 0 Å². The molecule has 0 spiro atoms. The standard InChI is InChI=1S/C5H4N2O2.CH2O/c8-7(9)5-2-1-3-6-4-5;1-2/h1-4H;1H2. The number of nitrogens with zero attached hydrogens (tertiary/aromatic N) is 2. The molecular formula is C6H6N2O3. The molecule has 11 heavy (non-hydrogen) atoms. The van der Waals surface area contributed by atoms with Crippen molar-refractivity contribution in [3.63, 3.8) is 0 Å². The van der Waals surface area contributed by atoms with E-state index < -0.39 is 4.92 Å². The maximum Gasteiger partial charge on any atom is 0.287 e. The van der Waals surface area contributed by atoms with Gasteiger partial charge in [0.1, 0.15) is 13.0 Å². The molecule has 0 aromatic carbocycles. The lowest BCUT2D eigenvalue weighted by atomic mass is 10.4. The summed E-state index contributed by atoms with van der Waals surface area (Å²) in [6, 6.07) is 2.92. The Hall–Kier alpha value is -1.78. The predicted molar refractivity (Wildman–Crippen MR) is 38.0 cm³/mol. The number of hydrogen-bond acceptors (Lipinski definition) is 4. The van der Waals surface area contributed by atoms with Crippen molar-refractivity contribution in [2.24, 2.45) is 0 Å². The largest absolute Gasteiger partial charge is 0.307 e. The fraction of sp³-hybridized carbons (Fsp3) is 0. The molecule has 0 saturated carbocycles. The summed E-state index contributed by atoms with van der Waals surface area (Å²) in [6.45, 7) is 2.00. The molecule has 0 fully saturated rings. The van der Waals surface area contributed by atoms with Crippen LogP contribution < -0.4 is 0 Å². The van der Waals surface area contributed by atoms with Crippen molar-refractivity contribution in [3.05, 3.63) is 34.6 Å². The summed E-state index contributed by atoms with van der Waals surface area (Å²) in [6.07, 6.45) is 2.70. The van der Waals surface area contributed by atoms with Gasteiger partial charge in [-0.25, -0.2) is 0 Å². The number of aromatic nitrogens is 1. The molecule has 0 aliphatic rings. The molecule has 0 bridgehead atoms. The second-order valence-electron chi connectivity index (χ2n) is 1.47. The van der Waals surface area contributed by atoms with Gasteiger partial charge < -0.3 is 4.79 Å². The van der Waals surface area contributed by atoms with Crippen LogP contribution in [0, 0.1) is 10.1 Å². The fourth-order valence-electron chi connectivity index (χ4n) is 0.462. The Morgan fingerprint density at radius 3 is 2.45 bits per heavy atom. The Labute approximate surface area is 62.8 Å². The van der Waals surface area contributed by atoms with Crippen LogP contribution in [-0.4, -0.2) is 16.7 Å². The van der Waals surface area contributed by atoms with Crippen LogP contribution in [0.1, 0.15) is 0 Å². The van der Waals surface area contributed by atoms with E-state index >= 15 is 0 Å². The van der Waals surface area contributed by atoms with Gasteiger partial charge in [0.15, 0.2) is 0 Å². The van der Waals surface area contributed by atoms with E-state index in [2.05, 4.69) is 4.98 Å². The zero-order valence-corrected chi connectivity index (χ0v) is 5.64. The zero-order chi connectivity index (χ0) is 8.69. The highest BCUT2D eigenvalue weighted by Gasteiger charge is 1.99. The number of rotatable bonds is 1. The molecule has 0 unspecified atom stereocenters. The van der Waals surface area contributed by atoms with Crippen molar-refractivity contribution < 1.29 is 9.72 Å². The Balaban J connectivity index is 0.000000461. The highest BCUT2D eigenvalue weighted by Crippen LogP contribution is 2.04. The number of carbonyl (C=O) groups excluding carboxylic acids is 1. The van der Waals surface area contributed by atoms with Crippen molar-refractivity contribution in [2.45, 2.75) is 0 Å². The molecule has 0 saturated heterocycles. The van der Waals surface area contributed by atoms with Gasteiger partial charge in [0.05, 0.1) is 4.92 Å². The Morgan fingerprint density at radius 1 is 1.55 bits per heavy atom. The first-order valence-corrected chi connectivity index (χ1v) is 2.64. The fourth-order valence-corrected chi connectivity index (χ4v) is 0.462. The van der Waals surface area contributed by atoms with Crippen molar-refractivity contribution in [2.75, 3.05) is 0 Å². The van der Waals surface area contributed by atoms with Crippen molar-refractivity contribution in [1.29, 1.82) is 0 Å². The highest BCUT2D eigenvalue weighted by atomic mass is 16.6. The third-order valence-electron chi connectivity index (χ3n) is 0.857. The van der Waals surface area contributed by atoms with Gasteiger partial charge in [-0.2, -0.15) is 0 Å². The van der Waals surface area contributed by atoms with E-state index in [9.17, 15) is 10.1 Å². The van der Waals surface area contributed by atoms with Gasteiger partial charge in [0, 0.05) is 12.3 Å². The van der Waals surface area contributed by atoms with Crippen molar-refractivity contribution >= 4 is 12.5 Å². The minimum atomic E-state index is -0.479. The lowest BCUT2D eigenvalue weighted by molar-refractivity contribution is -0.385. The maximum atomic E-state index is 9.97. The first-order chi connectivity index (χ1) is 5.30. The maximum absolute atomic E-state index is 9.97. The Morgan fingerprint density at radius 2 is 2.18 bits per heavy atom. The molecule has 0 aliphatic carbocycles. The second kappa shape index (κ2) is 5.04. The third-order valence-corrected chi connectivity index (χ3v) is 0.857. The third kappa shape index (κ3) is 3.04. The summed E-state index contributed by atoms with van der Waals surface area (Å²) >= 11 is 0. The minimum Gasteiger partial charge on any atom is -0.307 e. The molecule has 0 amide bonds. The SMILES string of the molecule is C=O.O=[N+]([O-])c1cccnc1. The van der Waals surface area contributed by atoms with Crippen LogP contribution in [0.15, 0.2) is 24.5 Å². The normalized spacial score (nSPS) is 7.64. The number of carbonyl (C=O) groups is 1. The van der Waals surface area contributed by atoms with Crippen LogP contribution in [0.2, 0.25) is 0 Å². The quantitative estimate of drug-likeness (QED) is 0.443. The van der Waals surface area contributed by atoms with Crippen LogP contribution >= 0.6 is 0 Å². The summed E-state index contributed by atoms with van der Waals surface area (Å²) < 4.78 is 0. The molecule has 1 rings (SSSR count). The molecule has 1 aromatic rings. The van der Waals surface area contributed by atoms with E-state index in [0.29, 0.717) is 0 Å². The molecule has 1 aromatic heterocycles. The minimum absolute atomic E-state index is 0.0255. The summed E-state index contributed by atoms with van der Waals surface area (Å²) in [5.74, 6) is 0. The lowest BCUT2D eigenvalue weighted by Crippen LogP contribution is -1.86. The number of hydrogen-bond donors (Lipinski definition) is 0. The van der Waals surface area contributed by atoms with E-state index in [4.69, 9.17) is 4.79 Å². The first-order valence-electron chi connectivity index (χ1n) is 2.64. The molecule has 0 aliphatic heterocycles. The van der Waals surface area contributed by atoms with Gasteiger partial charge in [-0.15, -0.1) is 0 Å². The first kappa shape index (κ1) is 9.22. The summed E-state index contributed by atoms with van der Waals surface area (Å²) in [4.78, 5) is 21.1. The Bertz CT molecular complexity index is 225. The zero-order valence-electron chi connectivity index (χ0n) is 5.64. The molecule has 5 nitrogen and oxygen atoms in total. The number of nitro groups is 1. The van der Waals surface area contributed by atoms with Gasteiger partial charge in [-0.3, -0.25) is 15.1 Å². The van der Waals surface area contributed by atoms with Crippen LogP contribution in [0.25, 0.3) is 0 Å². The summed E-state index contributed by atoms with van der Waals surface area (Å²) in [5.41, 5.74) is 0.0255. The average molecular weight is 154 g/mol. The highest BCUT2D eigenvalue weighted by molar-refractivity contribution is 5.23. The van der Waals surface area contributed by atoms with Crippen LogP contribution in [0.3, 0.4) is 0 Å². The Kier molecular flexibility index (Phi) is 4.22. The number of pyridine rings is 1. The topological polar surface area (TPSA) is 73.1 Å². The van der Waals surface area contributed by atoms with Gasteiger partial charge in [0.2, 0.25) is 0 Å². The lowest BCUT2D eigenvalue weighted by Gasteiger charge is -1.84. The monoisotopic (exact) mass is 154 g/mol. The molecule has 5 heteroatoms. The van der Waals surface area contributed by atoms with Crippen LogP contribution in [0.5, 0.6) is 0 Å². The molecule has 58 valence electrons. The van der Waals surface area contributed by atoms with Gasteiger partial charge in [-0.1, -0.05) is 0 Å². The van der Waals surface area contributed by atoms with Crippen LogP contribution in [0.4, 0.5) is 5.69 Å². The average Bonchev–Trinajstić information content (AvgIpc) is 2.10. The van der Waals surface area contributed by atoms with Crippen molar-refractivity contribution in [1.82, 2.24) is 4.98 Å². The predicted octanol–water partition coefficient (Wildman–Crippen LogP) is 0.805. The smallest absolute Gasteiger partial charge is 0.287 e. The molecule has 1 heterocycles. The molecule has 0 atom stereocenters. The van der Waals surface area contributed by atoms with E-state index in [-0.39, 0.29) is 5.69 Å². The van der Waals surface area contributed by atoms with E-state index in [1.165, 1.54) is 24.5 Å². The molecule has 0 N–H and O–H groups in total. The van der Waals surface area contributed by atoms with E-state index in [1.807, 2.05) is 6.79 Å². The molecule has 0 radical (unpaired) electrons. The van der Waals surface area contributed by atoms with E-state index in [1.54, 1.807) is 0 Å². The van der Waals surface area contributed by atoms with Crippen LogP contribution in [-0.2, 0) is 4.79 Å². The van der Waals surface area contributed by atoms with Gasteiger partial charge in [0.25, 0.3) is 5.69 Å². The van der Waals surface area contributed by atoms with Crippen molar-refractivity contribution in [3.8, 4) is 0 Å². The van der Waals surface area contributed by atoms with E-state index in [0.717, 1.165) is 0 Å².